The van der Waals surface area contributed by atoms with Crippen molar-refractivity contribution in [3.63, 3.8) is 0 Å². The molecule has 0 fully saturated rings. The highest BCUT2D eigenvalue weighted by Gasteiger charge is 2.47. The van der Waals surface area contributed by atoms with Gasteiger partial charge in [-0.25, -0.2) is 0 Å². The third-order valence-corrected chi connectivity index (χ3v) is 5.13. The predicted molar refractivity (Wildman–Crippen MR) is 96.2 cm³/mol. The third kappa shape index (κ3) is 2.55. The number of nitrogens with zero attached hydrogens (tertiary/aromatic N) is 1. The number of halogens is 1. The summed E-state index contributed by atoms with van der Waals surface area (Å²) >= 11 is 5.88. The van der Waals surface area contributed by atoms with E-state index in [9.17, 15) is 4.79 Å². The van der Waals surface area contributed by atoms with Gasteiger partial charge in [-0.05, 0) is 37.5 Å². The summed E-state index contributed by atoms with van der Waals surface area (Å²) in [6, 6.07) is 18.7. The molecule has 1 amide bonds. The van der Waals surface area contributed by atoms with Gasteiger partial charge in [0.1, 0.15) is 5.88 Å². The number of carbonyl (C=O) groups is 1. The van der Waals surface area contributed by atoms with Gasteiger partial charge in [0, 0.05) is 16.6 Å². The molecule has 120 valence electrons. The molecule has 2 aromatic carbocycles. The van der Waals surface area contributed by atoms with Crippen LogP contribution in [0.25, 0.3) is 0 Å². The van der Waals surface area contributed by atoms with Crippen LogP contribution in [0, 0.1) is 0 Å². The maximum absolute atomic E-state index is 12.5. The van der Waals surface area contributed by atoms with Crippen LogP contribution in [0.1, 0.15) is 38.3 Å². The van der Waals surface area contributed by atoms with Crippen molar-refractivity contribution in [3.05, 3.63) is 65.7 Å². The molecule has 0 bridgehead atoms. The van der Waals surface area contributed by atoms with E-state index >= 15 is 0 Å². The number of fused-ring (bicyclic) bond motifs is 1. The molecule has 2 nitrogen and oxygen atoms in total. The number of para-hydroxylation sites is 1. The van der Waals surface area contributed by atoms with Crippen molar-refractivity contribution < 1.29 is 4.79 Å². The second-order valence-electron chi connectivity index (χ2n) is 7.07. The van der Waals surface area contributed by atoms with Gasteiger partial charge in [-0.1, -0.05) is 55.5 Å². The molecule has 0 saturated carbocycles. The molecule has 0 saturated heterocycles. The highest BCUT2D eigenvalue weighted by atomic mass is 35.5. The third-order valence-electron chi connectivity index (χ3n) is 4.91. The number of hydrogen-bond acceptors (Lipinski definition) is 1. The van der Waals surface area contributed by atoms with E-state index in [1.807, 2.05) is 29.2 Å². The minimum absolute atomic E-state index is 0.000183. The first kappa shape index (κ1) is 16.1. The molecule has 1 aliphatic rings. The zero-order chi connectivity index (χ0) is 16.7. The fraction of sp³-hybridized carbons (Fsp3) is 0.350. The first-order chi connectivity index (χ1) is 10.9. The highest BCUT2D eigenvalue weighted by molar-refractivity contribution is 6.29. The van der Waals surface area contributed by atoms with Crippen LogP contribution < -0.4 is 4.90 Å². The lowest BCUT2D eigenvalue weighted by atomic mass is 9.65. The molecular formula is C20H22ClNO. The number of rotatable bonds is 2. The number of amides is 1. The Bertz CT molecular complexity index is 725. The second kappa shape index (κ2) is 5.68. The molecule has 0 N–H and O–H groups in total. The number of hydrogen-bond donors (Lipinski definition) is 0. The lowest BCUT2D eigenvalue weighted by Crippen LogP contribution is -2.56. The summed E-state index contributed by atoms with van der Waals surface area (Å²) in [7, 11) is 0. The molecule has 3 rings (SSSR count). The molecule has 1 atom stereocenters. The zero-order valence-corrected chi connectivity index (χ0v) is 14.6. The van der Waals surface area contributed by atoms with Gasteiger partial charge in [-0.2, -0.15) is 0 Å². The van der Waals surface area contributed by atoms with Crippen LogP contribution in [0.3, 0.4) is 0 Å². The van der Waals surface area contributed by atoms with Crippen molar-refractivity contribution in [3.8, 4) is 0 Å². The molecule has 23 heavy (non-hydrogen) atoms. The van der Waals surface area contributed by atoms with E-state index in [-0.39, 0.29) is 22.7 Å². The topological polar surface area (TPSA) is 20.3 Å². The maximum atomic E-state index is 12.5. The Morgan fingerprint density at radius 3 is 2.30 bits per heavy atom. The lowest BCUT2D eigenvalue weighted by molar-refractivity contribution is -0.117. The van der Waals surface area contributed by atoms with E-state index in [1.54, 1.807) is 0 Å². The minimum atomic E-state index is -0.301. The monoisotopic (exact) mass is 327 g/mol. The molecule has 0 aromatic heterocycles. The average molecular weight is 328 g/mol. The molecular weight excluding hydrogens is 306 g/mol. The Balaban J connectivity index is 2.24. The van der Waals surface area contributed by atoms with Gasteiger partial charge in [-0.15, -0.1) is 11.6 Å². The molecule has 0 spiro atoms. The Hall–Kier alpha value is -1.80. The number of benzene rings is 2. The zero-order valence-electron chi connectivity index (χ0n) is 13.8. The Kier molecular flexibility index (Phi) is 3.97. The van der Waals surface area contributed by atoms with Crippen molar-refractivity contribution in [1.29, 1.82) is 0 Å². The van der Waals surface area contributed by atoms with E-state index in [2.05, 4.69) is 51.1 Å². The summed E-state index contributed by atoms with van der Waals surface area (Å²) < 4.78 is 0. The van der Waals surface area contributed by atoms with Crippen molar-refractivity contribution in [1.82, 2.24) is 0 Å². The van der Waals surface area contributed by atoms with Crippen LogP contribution in [0.15, 0.2) is 54.6 Å². The first-order valence-electron chi connectivity index (χ1n) is 7.94. The fourth-order valence-electron chi connectivity index (χ4n) is 4.10. The van der Waals surface area contributed by atoms with Gasteiger partial charge >= 0.3 is 0 Å². The fourth-order valence-corrected chi connectivity index (χ4v) is 4.22. The summed E-state index contributed by atoms with van der Waals surface area (Å²) in [6.07, 6.45) is 0.851. The van der Waals surface area contributed by atoms with Crippen LogP contribution in [-0.4, -0.2) is 17.3 Å². The highest BCUT2D eigenvalue weighted by Crippen LogP contribution is 2.50. The number of carbonyl (C=O) groups excluding carboxylic acids is 1. The quantitative estimate of drug-likeness (QED) is 0.729. The van der Waals surface area contributed by atoms with E-state index < -0.39 is 0 Å². The second-order valence-corrected chi connectivity index (χ2v) is 7.33. The number of alkyl halides is 1. The lowest BCUT2D eigenvalue weighted by Gasteiger charge is -2.51. The van der Waals surface area contributed by atoms with Crippen molar-refractivity contribution in [2.24, 2.45) is 0 Å². The van der Waals surface area contributed by atoms with Gasteiger partial charge in [0.2, 0.25) is 5.91 Å². The molecule has 0 aliphatic carbocycles. The van der Waals surface area contributed by atoms with Crippen LogP contribution in [-0.2, 0) is 10.2 Å². The molecule has 3 heteroatoms. The summed E-state index contributed by atoms with van der Waals surface area (Å²) in [6.45, 7) is 6.51. The maximum Gasteiger partial charge on any atom is 0.242 e. The summed E-state index contributed by atoms with van der Waals surface area (Å²) in [5.41, 5.74) is 3.00. The Morgan fingerprint density at radius 2 is 1.65 bits per heavy atom. The van der Waals surface area contributed by atoms with Gasteiger partial charge < -0.3 is 4.90 Å². The van der Waals surface area contributed by atoms with E-state index in [4.69, 9.17) is 11.6 Å². The molecule has 1 heterocycles. The molecule has 1 aliphatic heterocycles. The summed E-state index contributed by atoms with van der Waals surface area (Å²) in [4.78, 5) is 14.4. The Morgan fingerprint density at radius 1 is 1.04 bits per heavy atom. The van der Waals surface area contributed by atoms with Crippen molar-refractivity contribution in [2.75, 3.05) is 10.8 Å². The van der Waals surface area contributed by atoms with E-state index in [0.717, 1.165) is 12.1 Å². The van der Waals surface area contributed by atoms with Crippen LogP contribution in [0.2, 0.25) is 0 Å². The SMILES string of the molecule is CC1(c2ccccc2)CC(C)(C)N(C(=O)CCl)c2ccccc21. The molecule has 2 aromatic rings. The molecule has 1 unspecified atom stereocenters. The predicted octanol–water partition coefficient (Wildman–Crippen LogP) is 4.75. The van der Waals surface area contributed by atoms with Crippen LogP contribution in [0.5, 0.6) is 0 Å². The van der Waals surface area contributed by atoms with Gasteiger partial charge in [0.05, 0.1) is 0 Å². The van der Waals surface area contributed by atoms with Crippen molar-refractivity contribution in [2.45, 2.75) is 38.1 Å². The molecule has 0 radical (unpaired) electrons. The van der Waals surface area contributed by atoms with Crippen molar-refractivity contribution >= 4 is 23.2 Å². The smallest absolute Gasteiger partial charge is 0.242 e. The van der Waals surface area contributed by atoms with Gasteiger partial charge in [0.15, 0.2) is 0 Å². The largest absolute Gasteiger partial charge is 0.305 e. The summed E-state index contributed by atoms with van der Waals surface area (Å²) in [5, 5.41) is 0. The van der Waals surface area contributed by atoms with E-state index in [1.165, 1.54) is 11.1 Å². The van der Waals surface area contributed by atoms with Crippen LogP contribution >= 0.6 is 11.6 Å². The van der Waals surface area contributed by atoms with Gasteiger partial charge in [0.25, 0.3) is 0 Å². The van der Waals surface area contributed by atoms with Crippen LogP contribution in [0.4, 0.5) is 5.69 Å². The standard InChI is InChI=1S/C20H22ClNO/c1-19(2)14-20(3,15-9-5-4-6-10-15)16-11-7-8-12-17(16)22(19)18(23)13-21/h4-12H,13-14H2,1-3H3. The first-order valence-corrected chi connectivity index (χ1v) is 8.48. The van der Waals surface area contributed by atoms with Gasteiger partial charge in [-0.3, -0.25) is 4.79 Å². The average Bonchev–Trinajstić information content (AvgIpc) is 2.54. The summed E-state index contributed by atoms with van der Waals surface area (Å²) in [5.74, 6) is -0.0426. The van der Waals surface area contributed by atoms with E-state index in [0.29, 0.717) is 0 Å². The Labute approximate surface area is 143 Å². The minimum Gasteiger partial charge on any atom is -0.305 e. The number of anilines is 1. The normalized spacial score (nSPS) is 22.5.